The zero-order chi connectivity index (χ0) is 14.5. The van der Waals surface area contributed by atoms with E-state index in [-0.39, 0.29) is 0 Å². The van der Waals surface area contributed by atoms with Crippen molar-refractivity contribution in [1.82, 2.24) is 24.9 Å². The minimum Gasteiger partial charge on any atom is -0.313 e. The second kappa shape index (κ2) is 6.70. The van der Waals surface area contributed by atoms with Gasteiger partial charge in [-0.1, -0.05) is 6.92 Å². The second-order valence-electron chi connectivity index (χ2n) is 5.49. The number of hydrogen-bond donors (Lipinski definition) is 1. The summed E-state index contributed by atoms with van der Waals surface area (Å²) in [5.41, 5.74) is 3.41. The van der Waals surface area contributed by atoms with Crippen LogP contribution < -0.4 is 5.32 Å². The van der Waals surface area contributed by atoms with Crippen LogP contribution in [-0.2, 0) is 13.1 Å². The van der Waals surface area contributed by atoms with Crippen molar-refractivity contribution >= 4 is 0 Å². The molecule has 1 N–H and O–H groups in total. The van der Waals surface area contributed by atoms with Gasteiger partial charge >= 0.3 is 0 Å². The largest absolute Gasteiger partial charge is 0.313 e. The molecule has 5 nitrogen and oxygen atoms in total. The first-order valence-electron chi connectivity index (χ1n) is 7.37. The molecule has 0 radical (unpaired) electrons. The monoisotopic (exact) mass is 275 g/mol. The van der Waals surface area contributed by atoms with Crippen molar-refractivity contribution in [1.29, 1.82) is 0 Å². The predicted octanol–water partition coefficient (Wildman–Crippen LogP) is 2.52. The lowest BCUT2D eigenvalue weighted by Gasteiger charge is -2.03. The number of aryl methyl sites for hydroxylation is 1. The summed E-state index contributed by atoms with van der Waals surface area (Å²) in [6.45, 7) is 11.2. The molecule has 20 heavy (non-hydrogen) atoms. The zero-order valence-corrected chi connectivity index (χ0v) is 12.9. The van der Waals surface area contributed by atoms with Crippen LogP contribution in [0.5, 0.6) is 0 Å². The average molecular weight is 275 g/mol. The van der Waals surface area contributed by atoms with Crippen molar-refractivity contribution in [3.8, 4) is 0 Å². The Labute approximate surface area is 121 Å². The fourth-order valence-corrected chi connectivity index (χ4v) is 2.13. The van der Waals surface area contributed by atoms with Crippen LogP contribution in [0.2, 0.25) is 0 Å². The smallest absolute Gasteiger partial charge is 0.0850 e. The van der Waals surface area contributed by atoms with Gasteiger partial charge in [0, 0.05) is 30.5 Å². The fraction of sp³-hybridized carbons (Fsp3) is 0.600. The lowest BCUT2D eigenvalue weighted by molar-refractivity contribution is 0.520. The first-order valence-corrected chi connectivity index (χ1v) is 7.37. The number of aromatic nitrogens is 4. The van der Waals surface area contributed by atoms with Crippen molar-refractivity contribution in [2.75, 3.05) is 6.54 Å². The Balaban J connectivity index is 2.00. The van der Waals surface area contributed by atoms with Crippen LogP contribution in [0.15, 0.2) is 18.5 Å². The van der Waals surface area contributed by atoms with Gasteiger partial charge in [0.15, 0.2) is 0 Å². The van der Waals surface area contributed by atoms with Gasteiger partial charge in [0.25, 0.3) is 0 Å². The van der Waals surface area contributed by atoms with Crippen molar-refractivity contribution in [2.24, 2.45) is 0 Å². The Hall–Kier alpha value is -1.62. The Kier molecular flexibility index (Phi) is 4.95. The van der Waals surface area contributed by atoms with E-state index in [0.29, 0.717) is 6.04 Å². The first kappa shape index (κ1) is 14.8. The molecule has 0 aromatic carbocycles. The van der Waals surface area contributed by atoms with Crippen molar-refractivity contribution < 1.29 is 0 Å². The van der Waals surface area contributed by atoms with Crippen LogP contribution in [0.1, 0.15) is 50.2 Å². The number of nitrogens with one attached hydrogen (secondary N) is 1. The van der Waals surface area contributed by atoms with Gasteiger partial charge in [0.1, 0.15) is 0 Å². The molecule has 2 rings (SSSR count). The third kappa shape index (κ3) is 3.70. The van der Waals surface area contributed by atoms with Crippen LogP contribution in [0, 0.1) is 6.92 Å². The molecule has 0 aliphatic carbocycles. The highest BCUT2D eigenvalue weighted by Gasteiger charge is 2.07. The molecule has 2 aromatic rings. The molecule has 0 amide bonds. The summed E-state index contributed by atoms with van der Waals surface area (Å²) in [7, 11) is 0. The van der Waals surface area contributed by atoms with Crippen LogP contribution in [-0.4, -0.2) is 26.1 Å². The van der Waals surface area contributed by atoms with Crippen LogP contribution in [0.25, 0.3) is 0 Å². The SMILES string of the molecule is CCCNCc1cn(Cc2ccn(C(C)C)n2)nc1C. The summed E-state index contributed by atoms with van der Waals surface area (Å²) in [6, 6.07) is 2.46. The molecule has 0 aliphatic rings. The summed E-state index contributed by atoms with van der Waals surface area (Å²) in [4.78, 5) is 0. The van der Waals surface area contributed by atoms with Gasteiger partial charge < -0.3 is 5.32 Å². The lowest BCUT2D eigenvalue weighted by atomic mass is 10.2. The molecule has 0 saturated carbocycles. The van der Waals surface area contributed by atoms with E-state index in [1.54, 1.807) is 0 Å². The molecule has 110 valence electrons. The quantitative estimate of drug-likeness (QED) is 0.790. The number of hydrogen-bond acceptors (Lipinski definition) is 3. The molecule has 0 fully saturated rings. The first-order chi connectivity index (χ1) is 9.60. The van der Waals surface area contributed by atoms with Gasteiger partial charge in [0.05, 0.1) is 17.9 Å². The molecule has 0 saturated heterocycles. The highest BCUT2D eigenvalue weighted by Crippen LogP contribution is 2.09. The van der Waals surface area contributed by atoms with E-state index < -0.39 is 0 Å². The maximum Gasteiger partial charge on any atom is 0.0850 e. The molecule has 5 heteroatoms. The van der Waals surface area contributed by atoms with Gasteiger partial charge in [0.2, 0.25) is 0 Å². The topological polar surface area (TPSA) is 47.7 Å². The third-order valence-corrected chi connectivity index (χ3v) is 3.31. The fourth-order valence-electron chi connectivity index (χ4n) is 2.13. The van der Waals surface area contributed by atoms with Crippen LogP contribution in [0.3, 0.4) is 0 Å². The lowest BCUT2D eigenvalue weighted by Crippen LogP contribution is -2.13. The molecule has 0 aliphatic heterocycles. The van der Waals surface area contributed by atoms with Crippen molar-refractivity contribution in [2.45, 2.75) is 53.2 Å². The highest BCUT2D eigenvalue weighted by molar-refractivity contribution is 5.16. The van der Waals surface area contributed by atoms with Crippen molar-refractivity contribution in [3.63, 3.8) is 0 Å². The number of rotatable bonds is 7. The summed E-state index contributed by atoms with van der Waals surface area (Å²) < 4.78 is 3.96. The molecule has 2 heterocycles. The molecule has 0 unspecified atom stereocenters. The summed E-state index contributed by atoms with van der Waals surface area (Å²) in [5.74, 6) is 0. The molecular weight excluding hydrogens is 250 g/mol. The van der Waals surface area contributed by atoms with E-state index in [1.165, 1.54) is 5.56 Å². The van der Waals surface area contributed by atoms with Gasteiger partial charge in [-0.3, -0.25) is 9.36 Å². The van der Waals surface area contributed by atoms with E-state index in [2.05, 4.69) is 55.5 Å². The van der Waals surface area contributed by atoms with Gasteiger partial charge in [-0.15, -0.1) is 0 Å². The maximum absolute atomic E-state index is 4.57. The minimum atomic E-state index is 0.400. The predicted molar refractivity (Wildman–Crippen MR) is 80.7 cm³/mol. The Morgan fingerprint density at radius 3 is 2.75 bits per heavy atom. The second-order valence-corrected chi connectivity index (χ2v) is 5.49. The Bertz CT molecular complexity index is 538. The highest BCUT2D eigenvalue weighted by atomic mass is 15.3. The third-order valence-electron chi connectivity index (χ3n) is 3.31. The van der Waals surface area contributed by atoms with Gasteiger partial charge in [-0.2, -0.15) is 10.2 Å². The van der Waals surface area contributed by atoms with E-state index in [0.717, 1.165) is 37.4 Å². The number of nitrogens with zero attached hydrogens (tertiary/aromatic N) is 4. The van der Waals surface area contributed by atoms with E-state index in [1.807, 2.05) is 15.6 Å². The minimum absolute atomic E-state index is 0.400. The maximum atomic E-state index is 4.57. The van der Waals surface area contributed by atoms with Crippen LogP contribution in [0.4, 0.5) is 0 Å². The Morgan fingerprint density at radius 1 is 1.30 bits per heavy atom. The van der Waals surface area contributed by atoms with E-state index in [4.69, 9.17) is 0 Å². The van der Waals surface area contributed by atoms with Gasteiger partial charge in [-0.25, -0.2) is 0 Å². The molecule has 0 atom stereocenters. The molecule has 0 spiro atoms. The molecular formula is C15H25N5. The summed E-state index contributed by atoms with van der Waals surface area (Å²) >= 11 is 0. The molecule has 0 bridgehead atoms. The Morgan fingerprint density at radius 2 is 2.10 bits per heavy atom. The summed E-state index contributed by atoms with van der Waals surface area (Å²) in [5, 5.41) is 12.5. The van der Waals surface area contributed by atoms with Crippen molar-refractivity contribution in [3.05, 3.63) is 35.4 Å². The zero-order valence-electron chi connectivity index (χ0n) is 12.9. The normalized spacial score (nSPS) is 11.4. The van der Waals surface area contributed by atoms with Crippen LogP contribution >= 0.6 is 0 Å². The average Bonchev–Trinajstić information content (AvgIpc) is 2.98. The van der Waals surface area contributed by atoms with E-state index >= 15 is 0 Å². The van der Waals surface area contributed by atoms with E-state index in [9.17, 15) is 0 Å². The summed E-state index contributed by atoms with van der Waals surface area (Å²) in [6.07, 6.45) is 5.30. The molecule has 2 aromatic heterocycles. The standard InChI is InChI=1S/C15H25N5/c1-5-7-16-9-14-10-19(17-13(14)4)11-15-6-8-20(18-15)12(2)3/h6,8,10,12,16H,5,7,9,11H2,1-4H3. The van der Waals surface area contributed by atoms with Gasteiger partial charge in [-0.05, 0) is 39.8 Å².